The van der Waals surface area contributed by atoms with Gasteiger partial charge in [-0.25, -0.2) is 13.1 Å². The van der Waals surface area contributed by atoms with Crippen LogP contribution >= 0.6 is 0 Å². The van der Waals surface area contributed by atoms with Gasteiger partial charge in [0.2, 0.25) is 10.0 Å². The molecule has 0 aliphatic heterocycles. The van der Waals surface area contributed by atoms with Gasteiger partial charge in [-0.2, -0.15) is 5.10 Å². The van der Waals surface area contributed by atoms with Crippen LogP contribution in [-0.2, 0) is 17.1 Å². The zero-order valence-electron chi connectivity index (χ0n) is 11.4. The molecule has 1 rings (SSSR count). The van der Waals surface area contributed by atoms with E-state index < -0.39 is 10.0 Å². The molecule has 1 aromatic rings. The lowest BCUT2D eigenvalue weighted by atomic mass is 10.2. The smallest absolute Gasteiger partial charge is 0.243 e. The molecule has 1 aromatic heterocycles. The standard InChI is InChI=1S/C12H23N3O2S/c1-4-5-6-7-8-9-14-18(16,17)12-10-13-15(3)11(12)2/h10,14H,4-9H2,1-3H3. The molecule has 0 bridgehead atoms. The third-order valence-electron chi connectivity index (χ3n) is 3.05. The van der Waals surface area contributed by atoms with Gasteiger partial charge in [0.05, 0.1) is 11.9 Å². The first-order valence-electron chi connectivity index (χ1n) is 6.47. The van der Waals surface area contributed by atoms with Crippen LogP contribution in [0.4, 0.5) is 0 Å². The van der Waals surface area contributed by atoms with E-state index in [0.29, 0.717) is 12.2 Å². The summed E-state index contributed by atoms with van der Waals surface area (Å²) in [6.07, 6.45) is 6.94. The number of aryl methyl sites for hydroxylation is 1. The SMILES string of the molecule is CCCCCCCNS(=O)(=O)c1cnn(C)c1C. The molecule has 0 saturated carbocycles. The highest BCUT2D eigenvalue weighted by molar-refractivity contribution is 7.89. The van der Waals surface area contributed by atoms with Crippen molar-refractivity contribution in [2.75, 3.05) is 6.54 Å². The van der Waals surface area contributed by atoms with Crippen molar-refractivity contribution >= 4 is 10.0 Å². The van der Waals surface area contributed by atoms with Crippen LogP contribution in [0.1, 0.15) is 44.7 Å². The van der Waals surface area contributed by atoms with Gasteiger partial charge in [0, 0.05) is 13.6 Å². The van der Waals surface area contributed by atoms with Gasteiger partial charge >= 0.3 is 0 Å². The molecule has 0 aliphatic rings. The number of hydrogen-bond donors (Lipinski definition) is 1. The van der Waals surface area contributed by atoms with Crippen LogP contribution in [0, 0.1) is 6.92 Å². The summed E-state index contributed by atoms with van der Waals surface area (Å²) in [5, 5.41) is 3.95. The van der Waals surface area contributed by atoms with E-state index in [0.717, 1.165) is 12.8 Å². The first-order chi connectivity index (χ1) is 8.49. The summed E-state index contributed by atoms with van der Waals surface area (Å²) in [6.45, 7) is 4.41. The van der Waals surface area contributed by atoms with Gasteiger partial charge in [-0.05, 0) is 13.3 Å². The quantitative estimate of drug-likeness (QED) is 0.737. The van der Waals surface area contributed by atoms with Crippen LogP contribution in [0.25, 0.3) is 0 Å². The molecule has 0 radical (unpaired) electrons. The lowest BCUT2D eigenvalue weighted by molar-refractivity contribution is 0.570. The molecule has 6 heteroatoms. The number of rotatable bonds is 8. The van der Waals surface area contributed by atoms with E-state index in [-0.39, 0.29) is 4.90 Å². The Morgan fingerprint density at radius 1 is 1.28 bits per heavy atom. The predicted molar refractivity (Wildman–Crippen MR) is 71.9 cm³/mol. The molecule has 18 heavy (non-hydrogen) atoms. The van der Waals surface area contributed by atoms with E-state index in [9.17, 15) is 8.42 Å². The third kappa shape index (κ3) is 4.10. The lowest BCUT2D eigenvalue weighted by Crippen LogP contribution is -2.25. The van der Waals surface area contributed by atoms with Crippen LogP contribution in [0.15, 0.2) is 11.1 Å². The Bertz CT molecular complexity index is 466. The molecular formula is C12H23N3O2S. The summed E-state index contributed by atoms with van der Waals surface area (Å²) in [4.78, 5) is 0.276. The summed E-state index contributed by atoms with van der Waals surface area (Å²) in [7, 11) is -1.66. The Hall–Kier alpha value is -0.880. The number of unbranched alkanes of at least 4 members (excludes halogenated alkanes) is 4. The summed E-state index contributed by atoms with van der Waals surface area (Å²) >= 11 is 0. The number of hydrogen-bond acceptors (Lipinski definition) is 3. The van der Waals surface area contributed by atoms with E-state index >= 15 is 0 Å². The minimum Gasteiger partial charge on any atom is -0.272 e. The van der Waals surface area contributed by atoms with Crippen LogP contribution in [-0.4, -0.2) is 24.7 Å². The van der Waals surface area contributed by atoms with E-state index in [1.54, 1.807) is 18.7 Å². The Labute approximate surface area is 110 Å². The summed E-state index contributed by atoms with van der Waals surface area (Å²) in [5.74, 6) is 0. The average molecular weight is 273 g/mol. The number of nitrogens with zero attached hydrogens (tertiary/aromatic N) is 2. The first kappa shape index (κ1) is 15.2. The lowest BCUT2D eigenvalue weighted by Gasteiger charge is -2.06. The summed E-state index contributed by atoms with van der Waals surface area (Å²) in [5.41, 5.74) is 0.661. The fourth-order valence-electron chi connectivity index (χ4n) is 1.76. The monoisotopic (exact) mass is 273 g/mol. The van der Waals surface area contributed by atoms with Crippen LogP contribution < -0.4 is 4.72 Å². The highest BCUT2D eigenvalue weighted by atomic mass is 32.2. The van der Waals surface area contributed by atoms with E-state index in [1.807, 2.05) is 0 Å². The van der Waals surface area contributed by atoms with Crippen LogP contribution in [0.2, 0.25) is 0 Å². The van der Waals surface area contributed by atoms with Crippen LogP contribution in [0.5, 0.6) is 0 Å². The van der Waals surface area contributed by atoms with Crippen molar-refractivity contribution in [3.8, 4) is 0 Å². The largest absolute Gasteiger partial charge is 0.272 e. The maximum atomic E-state index is 12.0. The molecule has 1 N–H and O–H groups in total. The van der Waals surface area contributed by atoms with Gasteiger partial charge < -0.3 is 0 Å². The molecule has 0 aromatic carbocycles. The Balaban J connectivity index is 2.44. The second-order valence-corrected chi connectivity index (χ2v) is 6.27. The molecule has 5 nitrogen and oxygen atoms in total. The minimum atomic E-state index is -3.40. The number of sulfonamides is 1. The summed E-state index contributed by atoms with van der Waals surface area (Å²) < 4.78 is 28.2. The number of nitrogens with one attached hydrogen (secondary N) is 1. The maximum Gasteiger partial charge on any atom is 0.243 e. The fourth-order valence-corrected chi connectivity index (χ4v) is 3.03. The second kappa shape index (κ2) is 6.89. The Morgan fingerprint density at radius 3 is 2.50 bits per heavy atom. The van der Waals surface area contributed by atoms with E-state index in [4.69, 9.17) is 0 Å². The molecular weight excluding hydrogens is 250 g/mol. The Kier molecular flexibility index (Phi) is 5.81. The van der Waals surface area contributed by atoms with Crippen molar-refractivity contribution in [3.05, 3.63) is 11.9 Å². The molecule has 0 fully saturated rings. The van der Waals surface area contributed by atoms with Gasteiger partial charge in [0.15, 0.2) is 0 Å². The van der Waals surface area contributed by atoms with Gasteiger partial charge in [-0.3, -0.25) is 4.68 Å². The third-order valence-corrected chi connectivity index (χ3v) is 4.62. The minimum absolute atomic E-state index is 0.276. The summed E-state index contributed by atoms with van der Waals surface area (Å²) in [6, 6.07) is 0. The molecule has 0 saturated heterocycles. The first-order valence-corrected chi connectivity index (χ1v) is 7.95. The maximum absolute atomic E-state index is 12.0. The predicted octanol–water partition coefficient (Wildman–Crippen LogP) is 1.98. The fraction of sp³-hybridized carbons (Fsp3) is 0.750. The second-order valence-electron chi connectivity index (χ2n) is 4.53. The van der Waals surface area contributed by atoms with Crippen molar-refractivity contribution in [3.63, 3.8) is 0 Å². The van der Waals surface area contributed by atoms with Gasteiger partial charge in [-0.15, -0.1) is 0 Å². The molecule has 1 heterocycles. The van der Waals surface area contributed by atoms with Gasteiger partial charge in [0.1, 0.15) is 4.90 Å². The van der Waals surface area contributed by atoms with Crippen molar-refractivity contribution < 1.29 is 8.42 Å². The van der Waals surface area contributed by atoms with Gasteiger partial charge in [0.25, 0.3) is 0 Å². The van der Waals surface area contributed by atoms with Crippen LogP contribution in [0.3, 0.4) is 0 Å². The van der Waals surface area contributed by atoms with Crippen molar-refractivity contribution in [2.45, 2.75) is 50.8 Å². The van der Waals surface area contributed by atoms with Crippen molar-refractivity contribution in [1.29, 1.82) is 0 Å². The highest BCUT2D eigenvalue weighted by Crippen LogP contribution is 2.12. The number of aromatic nitrogens is 2. The normalized spacial score (nSPS) is 11.9. The van der Waals surface area contributed by atoms with E-state index in [1.165, 1.54) is 25.5 Å². The van der Waals surface area contributed by atoms with Crippen molar-refractivity contribution in [2.24, 2.45) is 7.05 Å². The average Bonchev–Trinajstić information content (AvgIpc) is 2.65. The zero-order valence-corrected chi connectivity index (χ0v) is 12.3. The molecule has 104 valence electrons. The molecule has 0 spiro atoms. The zero-order chi connectivity index (χ0) is 13.6. The van der Waals surface area contributed by atoms with Crippen molar-refractivity contribution in [1.82, 2.24) is 14.5 Å². The molecule has 0 amide bonds. The van der Waals surface area contributed by atoms with E-state index in [2.05, 4.69) is 16.7 Å². The molecule has 0 atom stereocenters. The topological polar surface area (TPSA) is 64.0 Å². The highest BCUT2D eigenvalue weighted by Gasteiger charge is 2.18. The van der Waals surface area contributed by atoms with Gasteiger partial charge in [-0.1, -0.05) is 32.6 Å². The molecule has 0 aliphatic carbocycles. The molecule has 0 unspecified atom stereocenters. The Morgan fingerprint density at radius 2 is 1.94 bits per heavy atom.